The molecule has 0 unspecified atom stereocenters. The zero-order valence-electron chi connectivity index (χ0n) is 20.7. The van der Waals surface area contributed by atoms with Gasteiger partial charge in [-0.15, -0.1) is 0 Å². The molecule has 0 radical (unpaired) electrons. The number of fused-ring (bicyclic) bond motifs is 4. The van der Waals surface area contributed by atoms with E-state index in [1.54, 1.807) is 0 Å². The highest BCUT2D eigenvalue weighted by Crippen LogP contribution is 2.66. The van der Waals surface area contributed by atoms with E-state index in [1.165, 1.54) is 70.6 Å². The first kappa shape index (κ1) is 21.7. The van der Waals surface area contributed by atoms with Crippen molar-refractivity contribution in [2.45, 2.75) is 119 Å². The molecule has 0 N–H and O–H groups in total. The first-order valence-corrected chi connectivity index (χ1v) is 13.0. The second-order valence-corrected chi connectivity index (χ2v) is 13.0. The fourth-order valence-electron chi connectivity index (χ4n) is 8.73. The summed E-state index contributed by atoms with van der Waals surface area (Å²) < 4.78 is 0. The average molecular weight is 397 g/mol. The van der Waals surface area contributed by atoms with Crippen LogP contribution in [0.1, 0.15) is 119 Å². The lowest BCUT2D eigenvalue weighted by Gasteiger charge is -2.58. The Bertz CT molecular complexity index is 689. The Hall–Kier alpha value is -0.520. The van der Waals surface area contributed by atoms with Crippen LogP contribution in [0.15, 0.2) is 22.8 Å². The standard InChI is InChI=1S/C29H48/c1-20(2)10-8-11-21(3)23-13-14-24-22-12-15-26-27(4,5)17-9-18-29(26,7)25(22)16-19-28(23,24)6/h14,20-21,23,26H,8-13,15-19H2,1-7H3/t21-,23-,26+,28-,29-/m1/s1. The van der Waals surface area contributed by atoms with Gasteiger partial charge in [0.1, 0.15) is 0 Å². The third-order valence-corrected chi connectivity index (χ3v) is 10.3. The molecule has 0 nitrogen and oxygen atoms in total. The Morgan fingerprint density at radius 2 is 1.69 bits per heavy atom. The summed E-state index contributed by atoms with van der Waals surface area (Å²) >= 11 is 0. The van der Waals surface area contributed by atoms with Crippen molar-refractivity contribution in [2.75, 3.05) is 0 Å². The van der Waals surface area contributed by atoms with Crippen LogP contribution in [0.4, 0.5) is 0 Å². The van der Waals surface area contributed by atoms with Gasteiger partial charge < -0.3 is 0 Å². The van der Waals surface area contributed by atoms with Gasteiger partial charge in [0.2, 0.25) is 0 Å². The Kier molecular flexibility index (Phi) is 5.66. The van der Waals surface area contributed by atoms with Gasteiger partial charge in [0, 0.05) is 0 Å². The molecule has 0 aromatic heterocycles. The Balaban J connectivity index is 1.57. The number of hydrogen-bond acceptors (Lipinski definition) is 0. The molecule has 0 heterocycles. The zero-order chi connectivity index (χ0) is 21.0. The van der Waals surface area contributed by atoms with Gasteiger partial charge in [0.05, 0.1) is 0 Å². The Morgan fingerprint density at radius 3 is 2.41 bits per heavy atom. The molecule has 0 amide bonds. The molecular weight excluding hydrogens is 348 g/mol. The second-order valence-electron chi connectivity index (χ2n) is 13.0. The Labute approximate surface area is 182 Å². The van der Waals surface area contributed by atoms with Crippen LogP contribution in [0.2, 0.25) is 0 Å². The van der Waals surface area contributed by atoms with Crippen LogP contribution in [0.5, 0.6) is 0 Å². The minimum Gasteiger partial charge on any atom is -0.0802 e. The van der Waals surface area contributed by atoms with Gasteiger partial charge in [-0.1, -0.05) is 85.8 Å². The van der Waals surface area contributed by atoms with Crippen LogP contribution >= 0.6 is 0 Å². The third-order valence-electron chi connectivity index (χ3n) is 10.3. The van der Waals surface area contributed by atoms with Gasteiger partial charge >= 0.3 is 0 Å². The number of rotatable bonds is 5. The van der Waals surface area contributed by atoms with Crippen molar-refractivity contribution in [3.8, 4) is 0 Å². The molecular formula is C29H48. The van der Waals surface area contributed by atoms with Crippen LogP contribution < -0.4 is 0 Å². The van der Waals surface area contributed by atoms with Crippen molar-refractivity contribution in [3.05, 3.63) is 22.8 Å². The van der Waals surface area contributed by atoms with Gasteiger partial charge in [-0.2, -0.15) is 0 Å². The molecule has 0 aromatic rings. The lowest BCUT2D eigenvalue weighted by atomic mass is 9.47. The minimum atomic E-state index is 0.462. The van der Waals surface area contributed by atoms with Gasteiger partial charge in [0.25, 0.3) is 0 Å². The molecule has 1 fully saturated rings. The molecule has 1 saturated carbocycles. The van der Waals surface area contributed by atoms with E-state index in [1.807, 2.05) is 16.7 Å². The van der Waals surface area contributed by atoms with E-state index in [2.05, 4.69) is 54.5 Å². The largest absolute Gasteiger partial charge is 0.0802 e. The van der Waals surface area contributed by atoms with Crippen molar-refractivity contribution in [1.82, 2.24) is 0 Å². The molecule has 0 saturated heterocycles. The fraction of sp³-hybridized carbons (Fsp3) is 0.862. The monoisotopic (exact) mass is 396 g/mol. The third kappa shape index (κ3) is 3.49. The fourth-order valence-corrected chi connectivity index (χ4v) is 8.73. The van der Waals surface area contributed by atoms with Gasteiger partial charge in [-0.3, -0.25) is 0 Å². The van der Waals surface area contributed by atoms with E-state index < -0.39 is 0 Å². The van der Waals surface area contributed by atoms with Crippen molar-refractivity contribution in [2.24, 2.45) is 39.9 Å². The van der Waals surface area contributed by atoms with Gasteiger partial charge in [0.15, 0.2) is 0 Å². The highest BCUT2D eigenvalue weighted by atomic mass is 14.6. The molecule has 5 atom stereocenters. The minimum absolute atomic E-state index is 0.462. The highest BCUT2D eigenvalue weighted by Gasteiger charge is 2.55. The maximum atomic E-state index is 2.72. The maximum Gasteiger partial charge on any atom is -0.00389 e. The zero-order valence-corrected chi connectivity index (χ0v) is 20.7. The van der Waals surface area contributed by atoms with E-state index in [4.69, 9.17) is 0 Å². The van der Waals surface area contributed by atoms with E-state index in [9.17, 15) is 0 Å². The van der Waals surface area contributed by atoms with Crippen LogP contribution in [0, 0.1) is 39.9 Å². The summed E-state index contributed by atoms with van der Waals surface area (Å²) in [6.45, 7) is 17.8. The van der Waals surface area contributed by atoms with E-state index in [-0.39, 0.29) is 0 Å². The van der Waals surface area contributed by atoms with Crippen molar-refractivity contribution < 1.29 is 0 Å². The van der Waals surface area contributed by atoms with E-state index >= 15 is 0 Å². The molecule has 4 aliphatic carbocycles. The second kappa shape index (κ2) is 7.56. The van der Waals surface area contributed by atoms with Crippen LogP contribution in [-0.2, 0) is 0 Å². The molecule has 29 heavy (non-hydrogen) atoms. The summed E-state index contributed by atoms with van der Waals surface area (Å²) in [4.78, 5) is 0. The number of hydrogen-bond donors (Lipinski definition) is 0. The summed E-state index contributed by atoms with van der Waals surface area (Å²) in [6.07, 6.45) is 18.2. The molecule has 0 spiro atoms. The van der Waals surface area contributed by atoms with Crippen molar-refractivity contribution in [3.63, 3.8) is 0 Å². The smallest absolute Gasteiger partial charge is 0.00389 e. The van der Waals surface area contributed by atoms with Crippen LogP contribution in [0.3, 0.4) is 0 Å². The van der Waals surface area contributed by atoms with Crippen LogP contribution in [0.25, 0.3) is 0 Å². The summed E-state index contributed by atoms with van der Waals surface area (Å²) in [6, 6.07) is 0. The highest BCUT2D eigenvalue weighted by molar-refractivity contribution is 5.49. The average Bonchev–Trinajstić information content (AvgIpc) is 2.98. The van der Waals surface area contributed by atoms with Crippen molar-refractivity contribution in [1.29, 1.82) is 0 Å². The van der Waals surface area contributed by atoms with E-state index in [0.29, 0.717) is 16.2 Å². The molecule has 4 aliphatic rings. The molecule has 164 valence electrons. The predicted octanol–water partition coefficient (Wildman–Crippen LogP) is 9.12. The molecule has 4 rings (SSSR count). The lowest BCUT2D eigenvalue weighted by molar-refractivity contribution is 0.00592. The maximum absolute atomic E-state index is 2.72. The van der Waals surface area contributed by atoms with E-state index in [0.717, 1.165) is 23.7 Å². The number of allylic oxidation sites excluding steroid dienone is 4. The van der Waals surface area contributed by atoms with Gasteiger partial charge in [-0.25, -0.2) is 0 Å². The summed E-state index contributed by atoms with van der Waals surface area (Å²) in [5.41, 5.74) is 7.07. The quantitative estimate of drug-likeness (QED) is 0.434. The van der Waals surface area contributed by atoms with Gasteiger partial charge in [-0.05, 0) is 96.0 Å². The SMILES string of the molecule is CC(C)CCC[C@@H](C)[C@H]1CC=C2C3=C(CC[C@@]21C)[C@@]1(C)CCCC(C)(C)[C@@H]1CC3. The molecule has 0 bridgehead atoms. The summed E-state index contributed by atoms with van der Waals surface area (Å²) in [5, 5.41) is 0. The topological polar surface area (TPSA) is 0 Å². The summed E-state index contributed by atoms with van der Waals surface area (Å²) in [7, 11) is 0. The van der Waals surface area contributed by atoms with Crippen molar-refractivity contribution >= 4 is 0 Å². The first-order chi connectivity index (χ1) is 13.6. The molecule has 0 aromatic carbocycles. The predicted molar refractivity (Wildman–Crippen MR) is 127 cm³/mol. The Morgan fingerprint density at radius 1 is 0.931 bits per heavy atom. The first-order valence-electron chi connectivity index (χ1n) is 13.0. The normalized spacial score (nSPS) is 39.7. The van der Waals surface area contributed by atoms with Crippen LogP contribution in [-0.4, -0.2) is 0 Å². The molecule has 0 heteroatoms. The molecule has 0 aliphatic heterocycles. The lowest BCUT2D eigenvalue weighted by Crippen LogP contribution is -2.47. The summed E-state index contributed by atoms with van der Waals surface area (Å²) in [5.74, 6) is 3.51.